The zero-order valence-electron chi connectivity index (χ0n) is 20.8. The first-order chi connectivity index (χ1) is 17.8. The highest BCUT2D eigenvalue weighted by Gasteiger charge is 2.12. The summed E-state index contributed by atoms with van der Waals surface area (Å²) in [5.74, 6) is 1.07. The molecule has 0 aliphatic rings. The molecule has 7 nitrogen and oxygen atoms in total. The van der Waals surface area contributed by atoms with Crippen LogP contribution in [0.25, 0.3) is 0 Å². The van der Waals surface area contributed by atoms with E-state index in [0.29, 0.717) is 46.2 Å². The fourth-order valence-electron chi connectivity index (χ4n) is 3.19. The number of hydrazine groups is 1. The lowest BCUT2D eigenvalue weighted by molar-refractivity contribution is 0.0934. The molecule has 3 rings (SSSR count). The van der Waals surface area contributed by atoms with Crippen molar-refractivity contribution in [1.82, 2.24) is 16.2 Å². The Hall–Kier alpha value is -3.43. The molecular weight excluding hydrogens is 554 g/mol. The Morgan fingerprint density at radius 3 is 2.24 bits per heavy atom. The third-order valence-electron chi connectivity index (χ3n) is 5.28. The molecule has 0 bridgehead atoms. The molecule has 2 amide bonds. The van der Waals surface area contributed by atoms with Crippen LogP contribution >= 0.6 is 28.1 Å². The molecule has 0 radical (unpaired) electrons. The molecule has 0 saturated heterocycles. The highest BCUT2D eigenvalue weighted by Crippen LogP contribution is 2.26. The van der Waals surface area contributed by atoms with Gasteiger partial charge < -0.3 is 9.47 Å². The first-order valence-corrected chi connectivity index (χ1v) is 13.1. The molecule has 37 heavy (non-hydrogen) atoms. The summed E-state index contributed by atoms with van der Waals surface area (Å²) in [6.45, 7) is 5.40. The molecule has 0 spiro atoms. The van der Waals surface area contributed by atoms with Crippen molar-refractivity contribution in [2.45, 2.75) is 26.7 Å². The number of rotatable bonds is 10. The zero-order chi connectivity index (χ0) is 26.6. The van der Waals surface area contributed by atoms with Gasteiger partial charge in [0.05, 0.1) is 17.7 Å². The highest BCUT2D eigenvalue weighted by molar-refractivity contribution is 9.10. The minimum absolute atomic E-state index is 0.0358. The van der Waals surface area contributed by atoms with E-state index in [2.05, 4.69) is 45.9 Å². The summed E-state index contributed by atoms with van der Waals surface area (Å²) in [6, 6.07) is 21.9. The maximum atomic E-state index is 12.6. The SMILES string of the molecule is CC(C)CCOc1ccc(C(=O)NNC(=S)NC(=O)c2ccc(OCCc3ccccc3)c(Br)c2)cc1. The Morgan fingerprint density at radius 2 is 1.57 bits per heavy atom. The Labute approximate surface area is 231 Å². The third-order valence-corrected chi connectivity index (χ3v) is 6.11. The first kappa shape index (κ1) is 28.1. The minimum Gasteiger partial charge on any atom is -0.494 e. The van der Waals surface area contributed by atoms with Crippen LogP contribution in [0.4, 0.5) is 0 Å². The largest absolute Gasteiger partial charge is 0.494 e. The maximum Gasteiger partial charge on any atom is 0.269 e. The summed E-state index contributed by atoms with van der Waals surface area (Å²) in [5, 5.41) is 2.50. The van der Waals surface area contributed by atoms with Crippen molar-refractivity contribution in [3.63, 3.8) is 0 Å². The van der Waals surface area contributed by atoms with E-state index in [-0.39, 0.29) is 5.11 Å². The maximum absolute atomic E-state index is 12.6. The van der Waals surface area contributed by atoms with Crippen LogP contribution in [0.5, 0.6) is 11.5 Å². The minimum atomic E-state index is -0.425. The second-order valence-corrected chi connectivity index (χ2v) is 9.91. The smallest absolute Gasteiger partial charge is 0.269 e. The lowest BCUT2D eigenvalue weighted by Crippen LogP contribution is -2.48. The van der Waals surface area contributed by atoms with Crippen LogP contribution in [0.2, 0.25) is 0 Å². The monoisotopic (exact) mass is 583 g/mol. The Morgan fingerprint density at radius 1 is 0.865 bits per heavy atom. The molecule has 0 aliphatic carbocycles. The van der Waals surface area contributed by atoms with Gasteiger partial charge in [0.1, 0.15) is 11.5 Å². The molecule has 0 fully saturated rings. The van der Waals surface area contributed by atoms with Gasteiger partial charge in [-0.1, -0.05) is 44.2 Å². The van der Waals surface area contributed by atoms with Gasteiger partial charge in [0.25, 0.3) is 11.8 Å². The van der Waals surface area contributed by atoms with Crippen molar-refractivity contribution in [2.75, 3.05) is 13.2 Å². The van der Waals surface area contributed by atoms with Crippen molar-refractivity contribution in [3.8, 4) is 11.5 Å². The van der Waals surface area contributed by atoms with Crippen LogP contribution in [0.15, 0.2) is 77.3 Å². The van der Waals surface area contributed by atoms with Crippen LogP contribution < -0.4 is 25.6 Å². The van der Waals surface area contributed by atoms with Crippen LogP contribution in [0.3, 0.4) is 0 Å². The van der Waals surface area contributed by atoms with E-state index in [4.69, 9.17) is 21.7 Å². The van der Waals surface area contributed by atoms with Gasteiger partial charge in [0.2, 0.25) is 0 Å². The Balaban J connectivity index is 1.42. The molecule has 3 N–H and O–H groups in total. The molecular formula is C28H30BrN3O4S. The van der Waals surface area contributed by atoms with E-state index in [9.17, 15) is 9.59 Å². The van der Waals surface area contributed by atoms with E-state index < -0.39 is 11.8 Å². The Bertz CT molecular complexity index is 1200. The van der Waals surface area contributed by atoms with Crippen LogP contribution in [0.1, 0.15) is 46.5 Å². The molecule has 0 aromatic heterocycles. The van der Waals surface area contributed by atoms with Crippen LogP contribution in [-0.2, 0) is 6.42 Å². The van der Waals surface area contributed by atoms with Gasteiger partial charge in [-0.15, -0.1) is 0 Å². The number of hydrogen-bond donors (Lipinski definition) is 3. The van der Waals surface area contributed by atoms with E-state index >= 15 is 0 Å². The number of carbonyl (C=O) groups excluding carboxylic acids is 2. The standard InChI is InChI=1S/C28H30BrN3O4S/c1-19(2)14-16-35-23-11-8-21(9-12-23)27(34)31-32-28(37)30-26(33)22-10-13-25(24(29)18-22)36-17-15-20-6-4-3-5-7-20/h3-13,18-19H,14-17H2,1-2H3,(H,31,34)(H2,30,32,33,37). The van der Waals surface area contributed by atoms with Crippen molar-refractivity contribution in [2.24, 2.45) is 5.92 Å². The second-order valence-electron chi connectivity index (χ2n) is 8.65. The average molecular weight is 585 g/mol. The van der Waals surface area contributed by atoms with E-state index in [0.717, 1.165) is 12.8 Å². The van der Waals surface area contributed by atoms with Crippen molar-refractivity contribution in [1.29, 1.82) is 0 Å². The number of benzene rings is 3. The predicted molar refractivity (Wildman–Crippen MR) is 152 cm³/mol. The Kier molecular flexibility index (Phi) is 10.9. The van der Waals surface area contributed by atoms with Gasteiger partial charge >= 0.3 is 0 Å². The lowest BCUT2D eigenvalue weighted by atomic mass is 10.1. The number of nitrogens with one attached hydrogen (secondary N) is 3. The molecule has 0 heterocycles. The first-order valence-electron chi connectivity index (χ1n) is 11.9. The average Bonchev–Trinajstić information content (AvgIpc) is 2.89. The van der Waals surface area contributed by atoms with E-state index in [1.165, 1.54) is 5.56 Å². The summed E-state index contributed by atoms with van der Waals surface area (Å²) in [5.41, 5.74) is 7.01. The third kappa shape index (κ3) is 9.51. The van der Waals surface area contributed by atoms with Gasteiger partial charge in [-0.05, 0) is 88.5 Å². The number of thiocarbonyl (C=S) groups is 1. The van der Waals surface area contributed by atoms with Crippen molar-refractivity contribution in [3.05, 3.63) is 94.0 Å². The van der Waals surface area contributed by atoms with Gasteiger partial charge in [-0.3, -0.25) is 25.8 Å². The number of hydrogen-bond acceptors (Lipinski definition) is 5. The fourth-order valence-corrected chi connectivity index (χ4v) is 3.83. The van der Waals surface area contributed by atoms with E-state index in [1.54, 1.807) is 42.5 Å². The van der Waals surface area contributed by atoms with Crippen molar-refractivity contribution < 1.29 is 19.1 Å². The van der Waals surface area contributed by atoms with Gasteiger partial charge in [-0.25, -0.2) is 0 Å². The summed E-state index contributed by atoms with van der Waals surface area (Å²) in [6.07, 6.45) is 1.73. The molecule has 3 aromatic rings. The van der Waals surface area contributed by atoms with Crippen LogP contribution in [-0.4, -0.2) is 30.1 Å². The van der Waals surface area contributed by atoms with Crippen molar-refractivity contribution >= 4 is 45.1 Å². The number of amides is 2. The quantitative estimate of drug-likeness (QED) is 0.217. The summed E-state index contributed by atoms with van der Waals surface area (Å²) in [7, 11) is 0. The summed E-state index contributed by atoms with van der Waals surface area (Å²) in [4.78, 5) is 24.9. The number of carbonyl (C=O) groups is 2. The number of ether oxygens (including phenoxy) is 2. The molecule has 0 aliphatic heterocycles. The normalized spacial score (nSPS) is 10.5. The molecule has 194 valence electrons. The zero-order valence-corrected chi connectivity index (χ0v) is 23.2. The topological polar surface area (TPSA) is 88.7 Å². The lowest BCUT2D eigenvalue weighted by Gasteiger charge is -2.13. The second kappa shape index (κ2) is 14.3. The van der Waals surface area contributed by atoms with Crippen LogP contribution in [0, 0.1) is 5.92 Å². The molecule has 0 saturated carbocycles. The molecule has 3 aromatic carbocycles. The van der Waals surface area contributed by atoms with Gasteiger partial charge in [0.15, 0.2) is 5.11 Å². The highest BCUT2D eigenvalue weighted by atomic mass is 79.9. The fraction of sp³-hybridized carbons (Fsp3) is 0.250. The number of halogens is 1. The van der Waals surface area contributed by atoms with Gasteiger partial charge in [-0.2, -0.15) is 0 Å². The molecule has 0 unspecified atom stereocenters. The molecule has 0 atom stereocenters. The predicted octanol–water partition coefficient (Wildman–Crippen LogP) is 5.44. The van der Waals surface area contributed by atoms with Gasteiger partial charge in [0, 0.05) is 17.5 Å². The summed E-state index contributed by atoms with van der Waals surface area (Å²) < 4.78 is 12.1. The summed E-state index contributed by atoms with van der Waals surface area (Å²) >= 11 is 8.59. The van der Waals surface area contributed by atoms with E-state index in [1.807, 2.05) is 30.3 Å². The molecule has 9 heteroatoms.